The van der Waals surface area contributed by atoms with Crippen molar-refractivity contribution >= 4 is 44.9 Å². The van der Waals surface area contributed by atoms with Gasteiger partial charge in [0.15, 0.2) is 0 Å². The summed E-state index contributed by atoms with van der Waals surface area (Å²) in [6.45, 7) is 4.55. The maximum absolute atomic E-state index is 6.50. The minimum atomic E-state index is 0.200. The van der Waals surface area contributed by atoms with Crippen molar-refractivity contribution in [1.29, 1.82) is 0 Å². The van der Waals surface area contributed by atoms with Gasteiger partial charge in [0.25, 0.3) is 6.71 Å². The average Bonchev–Trinajstić information content (AvgIpc) is 3.06. The zero-order chi connectivity index (χ0) is 19.3. The quantitative estimate of drug-likeness (QED) is 0.362. The SMILES string of the molecule is Cc1ccc2c(c1)c1cc(C)c3c4c1n2-c1ccccc1B4c1ccccc1O3. The molecule has 2 aliphatic heterocycles. The zero-order valence-electron chi connectivity index (χ0n) is 16.4. The van der Waals surface area contributed by atoms with Crippen molar-refractivity contribution in [1.82, 2.24) is 4.57 Å². The molecule has 3 heterocycles. The van der Waals surface area contributed by atoms with Crippen LogP contribution in [0.3, 0.4) is 0 Å². The van der Waals surface area contributed by atoms with Crippen LogP contribution in [0.5, 0.6) is 11.5 Å². The van der Waals surface area contributed by atoms with Crippen LogP contribution in [-0.4, -0.2) is 11.3 Å². The van der Waals surface area contributed by atoms with E-state index in [4.69, 9.17) is 4.74 Å². The third-order valence-corrected chi connectivity index (χ3v) is 6.60. The van der Waals surface area contributed by atoms with Crippen molar-refractivity contribution < 1.29 is 4.74 Å². The third-order valence-electron chi connectivity index (χ3n) is 6.60. The molecule has 0 saturated carbocycles. The number of rotatable bonds is 0. The topological polar surface area (TPSA) is 14.2 Å². The van der Waals surface area contributed by atoms with E-state index in [1.54, 1.807) is 0 Å². The Bertz CT molecular complexity index is 1510. The minimum Gasteiger partial charge on any atom is -0.458 e. The fraction of sp³-hybridized carbons (Fsp3) is 0.0769. The van der Waals surface area contributed by atoms with E-state index < -0.39 is 0 Å². The Morgan fingerprint density at radius 2 is 1.59 bits per heavy atom. The molecule has 3 heteroatoms. The maximum atomic E-state index is 6.50. The standard InChI is InChI=1S/C26H18BNO/c1-15-11-12-21-17(13-15)18-14-16(2)26-24-25(18)28(21)22-9-5-3-7-19(22)27(24)20-8-4-6-10-23(20)29-26/h3-14H,1-2H3. The normalized spacial score (nSPS) is 13.4. The summed E-state index contributed by atoms with van der Waals surface area (Å²) in [5, 5.41) is 2.64. The van der Waals surface area contributed by atoms with Gasteiger partial charge in [-0.3, -0.25) is 0 Å². The fourth-order valence-electron chi connectivity index (χ4n) is 5.43. The number of hydrogen-bond donors (Lipinski definition) is 0. The minimum absolute atomic E-state index is 0.200. The summed E-state index contributed by atoms with van der Waals surface area (Å²) in [6, 6.07) is 26.5. The zero-order valence-corrected chi connectivity index (χ0v) is 16.4. The molecular weight excluding hydrogens is 353 g/mol. The molecule has 0 spiro atoms. The fourth-order valence-corrected chi connectivity index (χ4v) is 5.43. The highest BCUT2D eigenvalue weighted by atomic mass is 16.5. The van der Waals surface area contributed by atoms with Crippen molar-refractivity contribution in [3.8, 4) is 17.2 Å². The second-order valence-electron chi connectivity index (χ2n) is 8.32. The molecule has 29 heavy (non-hydrogen) atoms. The lowest BCUT2D eigenvalue weighted by Crippen LogP contribution is -2.58. The van der Waals surface area contributed by atoms with Crippen LogP contribution in [0.4, 0.5) is 0 Å². The Kier molecular flexibility index (Phi) is 2.73. The van der Waals surface area contributed by atoms with Gasteiger partial charge < -0.3 is 9.30 Å². The van der Waals surface area contributed by atoms with Crippen LogP contribution >= 0.6 is 0 Å². The van der Waals surface area contributed by atoms with Gasteiger partial charge in [0.1, 0.15) is 11.5 Å². The molecule has 5 aromatic rings. The number of aryl methyl sites for hydroxylation is 2. The van der Waals surface area contributed by atoms with E-state index in [1.165, 1.54) is 55.0 Å². The smallest absolute Gasteiger partial charge is 0.256 e. The molecule has 2 aliphatic rings. The van der Waals surface area contributed by atoms with E-state index >= 15 is 0 Å². The molecule has 2 nitrogen and oxygen atoms in total. The van der Waals surface area contributed by atoms with Gasteiger partial charge in [-0.2, -0.15) is 0 Å². The summed E-state index contributed by atoms with van der Waals surface area (Å²) in [5.41, 5.74) is 10.2. The summed E-state index contributed by atoms with van der Waals surface area (Å²) in [7, 11) is 0. The number of para-hydroxylation sites is 2. The van der Waals surface area contributed by atoms with E-state index in [-0.39, 0.29) is 6.71 Å². The second kappa shape index (κ2) is 5.12. The monoisotopic (exact) mass is 371 g/mol. The predicted octanol–water partition coefficient (Wildman–Crippen LogP) is 4.34. The molecule has 7 rings (SSSR count). The first-order valence-electron chi connectivity index (χ1n) is 10.2. The summed E-state index contributed by atoms with van der Waals surface area (Å²) < 4.78 is 8.95. The molecule has 0 unspecified atom stereocenters. The number of ether oxygens (including phenoxy) is 1. The number of nitrogens with zero attached hydrogens (tertiary/aromatic N) is 1. The first-order valence-corrected chi connectivity index (χ1v) is 10.2. The molecule has 0 N–H and O–H groups in total. The molecular formula is C26H18BNO. The van der Waals surface area contributed by atoms with Gasteiger partial charge in [0.05, 0.1) is 11.0 Å². The molecule has 0 atom stereocenters. The maximum Gasteiger partial charge on any atom is 0.256 e. The van der Waals surface area contributed by atoms with Crippen LogP contribution in [-0.2, 0) is 0 Å². The van der Waals surface area contributed by atoms with Crippen molar-refractivity contribution in [2.75, 3.05) is 0 Å². The van der Waals surface area contributed by atoms with E-state index in [0.717, 1.165) is 11.5 Å². The molecule has 0 amide bonds. The van der Waals surface area contributed by atoms with E-state index in [1.807, 2.05) is 0 Å². The number of aromatic nitrogens is 1. The van der Waals surface area contributed by atoms with Gasteiger partial charge in [-0.15, -0.1) is 0 Å². The van der Waals surface area contributed by atoms with Crippen molar-refractivity contribution in [3.05, 3.63) is 83.9 Å². The van der Waals surface area contributed by atoms with E-state index in [2.05, 4.69) is 91.2 Å². The van der Waals surface area contributed by atoms with Crippen LogP contribution in [0.25, 0.3) is 27.5 Å². The second-order valence-corrected chi connectivity index (χ2v) is 8.32. The number of benzene rings is 4. The van der Waals surface area contributed by atoms with E-state index in [9.17, 15) is 0 Å². The highest BCUT2D eigenvalue weighted by Crippen LogP contribution is 2.40. The number of hydrogen-bond acceptors (Lipinski definition) is 1. The summed E-state index contributed by atoms with van der Waals surface area (Å²) in [6.07, 6.45) is 0. The van der Waals surface area contributed by atoms with Crippen LogP contribution in [0.15, 0.2) is 72.8 Å². The highest BCUT2D eigenvalue weighted by Gasteiger charge is 2.40. The molecule has 0 saturated heterocycles. The molecule has 0 bridgehead atoms. The lowest BCUT2D eigenvalue weighted by Gasteiger charge is -2.33. The third kappa shape index (κ3) is 1.79. The van der Waals surface area contributed by atoms with Gasteiger partial charge >= 0.3 is 0 Å². The predicted molar refractivity (Wildman–Crippen MR) is 121 cm³/mol. The highest BCUT2D eigenvalue weighted by molar-refractivity contribution is 6.99. The Labute approximate surface area is 169 Å². The Hall–Kier alpha value is -3.46. The molecule has 4 aromatic carbocycles. The summed E-state index contributed by atoms with van der Waals surface area (Å²) in [4.78, 5) is 0. The largest absolute Gasteiger partial charge is 0.458 e. The van der Waals surface area contributed by atoms with Gasteiger partial charge in [-0.05, 0) is 66.1 Å². The Morgan fingerprint density at radius 3 is 2.48 bits per heavy atom. The van der Waals surface area contributed by atoms with Crippen LogP contribution in [0, 0.1) is 13.8 Å². The van der Waals surface area contributed by atoms with Crippen molar-refractivity contribution in [3.63, 3.8) is 0 Å². The summed E-state index contributed by atoms with van der Waals surface area (Å²) in [5.74, 6) is 2.00. The van der Waals surface area contributed by atoms with Gasteiger partial charge in [0, 0.05) is 16.5 Å². The first kappa shape index (κ1) is 15.5. The molecule has 136 valence electrons. The first-order chi connectivity index (χ1) is 14.2. The van der Waals surface area contributed by atoms with Crippen LogP contribution in [0.2, 0.25) is 0 Å². The summed E-state index contributed by atoms with van der Waals surface area (Å²) >= 11 is 0. The van der Waals surface area contributed by atoms with Crippen LogP contribution < -0.4 is 21.1 Å². The number of fused-ring (bicyclic) bond motifs is 8. The molecule has 0 aliphatic carbocycles. The Balaban J connectivity index is 1.78. The van der Waals surface area contributed by atoms with Gasteiger partial charge in [-0.1, -0.05) is 48.0 Å². The lowest BCUT2D eigenvalue weighted by atomic mass is 9.34. The van der Waals surface area contributed by atoms with Crippen LogP contribution in [0.1, 0.15) is 11.1 Å². The average molecular weight is 371 g/mol. The van der Waals surface area contributed by atoms with Gasteiger partial charge in [-0.25, -0.2) is 0 Å². The van der Waals surface area contributed by atoms with Gasteiger partial charge in [0.2, 0.25) is 0 Å². The Morgan fingerprint density at radius 1 is 0.793 bits per heavy atom. The van der Waals surface area contributed by atoms with Crippen molar-refractivity contribution in [2.24, 2.45) is 0 Å². The molecule has 1 aromatic heterocycles. The lowest BCUT2D eigenvalue weighted by molar-refractivity contribution is 0.484. The molecule has 0 fully saturated rings. The van der Waals surface area contributed by atoms with Crippen molar-refractivity contribution in [2.45, 2.75) is 13.8 Å². The van der Waals surface area contributed by atoms with E-state index in [0.29, 0.717) is 0 Å². The molecule has 0 radical (unpaired) electrons.